The zero-order chi connectivity index (χ0) is 14.9. The minimum atomic E-state index is -3.73. The molecule has 1 aromatic rings. The zero-order valence-corrected chi connectivity index (χ0v) is 12.4. The van der Waals surface area contributed by atoms with E-state index in [1.807, 2.05) is 6.92 Å². The summed E-state index contributed by atoms with van der Waals surface area (Å²) in [7, 11) is -2.31. The Morgan fingerprint density at radius 3 is 2.80 bits per heavy atom. The minimum Gasteiger partial charge on any atom is -0.495 e. The molecule has 2 rings (SSSR count). The van der Waals surface area contributed by atoms with Crippen molar-refractivity contribution < 1.29 is 18.3 Å². The van der Waals surface area contributed by atoms with E-state index in [1.165, 1.54) is 23.5 Å². The molecule has 1 aliphatic heterocycles. The van der Waals surface area contributed by atoms with Crippen LogP contribution in [0.3, 0.4) is 0 Å². The number of hydrogen-bond acceptors (Lipinski definition) is 5. The van der Waals surface area contributed by atoms with Crippen molar-refractivity contribution in [2.24, 2.45) is 5.92 Å². The van der Waals surface area contributed by atoms with Crippen LogP contribution in [0.2, 0.25) is 0 Å². The molecule has 0 radical (unpaired) electrons. The van der Waals surface area contributed by atoms with Crippen LogP contribution in [0, 0.1) is 5.92 Å². The summed E-state index contributed by atoms with van der Waals surface area (Å²) in [5.41, 5.74) is 6.04. The molecule has 1 heterocycles. The number of benzene rings is 1. The molecule has 20 heavy (non-hydrogen) atoms. The Kier molecular flexibility index (Phi) is 4.22. The number of aliphatic hydroxyl groups is 1. The van der Waals surface area contributed by atoms with Gasteiger partial charge in [-0.05, 0) is 30.5 Å². The van der Waals surface area contributed by atoms with E-state index in [1.54, 1.807) is 6.07 Å². The van der Waals surface area contributed by atoms with Crippen molar-refractivity contribution in [3.05, 3.63) is 18.2 Å². The molecule has 3 N–H and O–H groups in total. The van der Waals surface area contributed by atoms with Gasteiger partial charge in [0.25, 0.3) is 0 Å². The molecule has 0 spiro atoms. The van der Waals surface area contributed by atoms with Crippen molar-refractivity contribution >= 4 is 15.7 Å². The standard InChI is InChI=1S/C13H20N2O4S/c1-9-5-6-15(11(9)8-16)20(17,18)13-7-10(14)3-4-12(13)19-2/h3-4,7,9,11,16H,5-6,8,14H2,1-2H3. The van der Waals surface area contributed by atoms with Crippen LogP contribution < -0.4 is 10.5 Å². The smallest absolute Gasteiger partial charge is 0.247 e. The highest BCUT2D eigenvalue weighted by Crippen LogP contribution is 2.34. The lowest BCUT2D eigenvalue weighted by Crippen LogP contribution is -2.39. The molecule has 0 saturated carbocycles. The van der Waals surface area contributed by atoms with E-state index in [4.69, 9.17) is 10.5 Å². The van der Waals surface area contributed by atoms with Gasteiger partial charge in [0.05, 0.1) is 19.8 Å². The average Bonchev–Trinajstić information content (AvgIpc) is 2.80. The van der Waals surface area contributed by atoms with Gasteiger partial charge in [0.2, 0.25) is 10.0 Å². The van der Waals surface area contributed by atoms with Crippen LogP contribution >= 0.6 is 0 Å². The Morgan fingerprint density at radius 1 is 1.50 bits per heavy atom. The van der Waals surface area contributed by atoms with Crippen molar-refractivity contribution in [3.63, 3.8) is 0 Å². The molecule has 1 fully saturated rings. The van der Waals surface area contributed by atoms with Gasteiger partial charge < -0.3 is 15.6 Å². The average molecular weight is 300 g/mol. The van der Waals surface area contributed by atoms with E-state index in [2.05, 4.69) is 0 Å². The number of rotatable bonds is 4. The number of sulfonamides is 1. The number of aliphatic hydroxyl groups excluding tert-OH is 1. The SMILES string of the molecule is COc1ccc(N)cc1S(=O)(=O)N1CCC(C)C1CO. The van der Waals surface area contributed by atoms with E-state index in [0.29, 0.717) is 12.2 Å². The molecule has 0 aromatic heterocycles. The summed E-state index contributed by atoms with van der Waals surface area (Å²) >= 11 is 0. The predicted molar refractivity (Wildman–Crippen MR) is 76.0 cm³/mol. The quantitative estimate of drug-likeness (QED) is 0.797. The monoisotopic (exact) mass is 300 g/mol. The highest BCUT2D eigenvalue weighted by atomic mass is 32.2. The van der Waals surface area contributed by atoms with Gasteiger partial charge in [-0.2, -0.15) is 4.31 Å². The fourth-order valence-corrected chi connectivity index (χ4v) is 4.48. The summed E-state index contributed by atoms with van der Waals surface area (Å²) in [5.74, 6) is 0.386. The lowest BCUT2D eigenvalue weighted by atomic mass is 10.0. The van der Waals surface area contributed by atoms with Gasteiger partial charge in [-0.15, -0.1) is 0 Å². The molecule has 0 aliphatic carbocycles. The van der Waals surface area contributed by atoms with Gasteiger partial charge in [-0.1, -0.05) is 6.92 Å². The van der Waals surface area contributed by atoms with Crippen LogP contribution in [-0.2, 0) is 10.0 Å². The Balaban J connectivity index is 2.48. The second kappa shape index (κ2) is 5.59. The molecule has 0 bridgehead atoms. The van der Waals surface area contributed by atoms with Crippen LogP contribution in [0.4, 0.5) is 5.69 Å². The lowest BCUT2D eigenvalue weighted by Gasteiger charge is -2.25. The van der Waals surface area contributed by atoms with E-state index in [-0.39, 0.29) is 23.2 Å². The number of ether oxygens (including phenoxy) is 1. The van der Waals surface area contributed by atoms with E-state index < -0.39 is 16.1 Å². The summed E-state index contributed by atoms with van der Waals surface area (Å²) in [6, 6.07) is 4.13. The van der Waals surface area contributed by atoms with Gasteiger partial charge >= 0.3 is 0 Å². The van der Waals surface area contributed by atoms with Crippen LogP contribution in [0.25, 0.3) is 0 Å². The summed E-state index contributed by atoms with van der Waals surface area (Å²) in [5, 5.41) is 9.44. The van der Waals surface area contributed by atoms with E-state index >= 15 is 0 Å². The first-order chi connectivity index (χ1) is 9.41. The topological polar surface area (TPSA) is 92.9 Å². The largest absolute Gasteiger partial charge is 0.495 e. The maximum atomic E-state index is 12.8. The summed E-state index contributed by atoms with van der Waals surface area (Å²) in [4.78, 5) is 0.0487. The van der Waals surface area contributed by atoms with Gasteiger partial charge in [-0.3, -0.25) is 0 Å². The predicted octanol–water partition coefficient (Wildman–Crippen LogP) is 0.669. The van der Waals surface area contributed by atoms with Crippen molar-refractivity contribution in [3.8, 4) is 5.75 Å². The van der Waals surface area contributed by atoms with Crippen LogP contribution in [0.1, 0.15) is 13.3 Å². The van der Waals surface area contributed by atoms with Crippen LogP contribution in [0.5, 0.6) is 5.75 Å². The van der Waals surface area contributed by atoms with Crippen molar-refractivity contribution in [1.82, 2.24) is 4.31 Å². The summed E-state index contributed by atoms with van der Waals surface area (Å²) < 4.78 is 32.0. The third-order valence-electron chi connectivity index (χ3n) is 3.79. The maximum Gasteiger partial charge on any atom is 0.247 e. The zero-order valence-electron chi connectivity index (χ0n) is 11.6. The van der Waals surface area contributed by atoms with Gasteiger partial charge in [0.1, 0.15) is 10.6 Å². The number of nitrogens with zero attached hydrogens (tertiary/aromatic N) is 1. The highest BCUT2D eigenvalue weighted by molar-refractivity contribution is 7.89. The molecule has 2 atom stereocenters. The molecule has 1 aliphatic rings. The normalized spacial score (nSPS) is 23.9. The second-order valence-corrected chi connectivity index (χ2v) is 6.90. The van der Waals surface area contributed by atoms with Crippen LogP contribution in [0.15, 0.2) is 23.1 Å². The molecular weight excluding hydrogens is 280 g/mol. The Hall–Kier alpha value is -1.31. The summed E-state index contributed by atoms with van der Waals surface area (Å²) in [6.07, 6.45) is 0.731. The maximum absolute atomic E-state index is 12.8. The van der Waals surface area contributed by atoms with Gasteiger partial charge in [0, 0.05) is 12.2 Å². The molecule has 1 aromatic carbocycles. The van der Waals surface area contributed by atoms with E-state index in [9.17, 15) is 13.5 Å². The number of anilines is 1. The molecule has 0 amide bonds. The van der Waals surface area contributed by atoms with Crippen molar-refractivity contribution in [1.29, 1.82) is 0 Å². The number of nitrogens with two attached hydrogens (primary N) is 1. The molecular formula is C13H20N2O4S. The van der Waals surface area contributed by atoms with Gasteiger partial charge in [0.15, 0.2) is 0 Å². The summed E-state index contributed by atoms with van der Waals surface area (Å²) in [6.45, 7) is 2.14. The minimum absolute atomic E-state index is 0.0487. The number of hydrogen-bond donors (Lipinski definition) is 2. The highest BCUT2D eigenvalue weighted by Gasteiger charge is 2.40. The van der Waals surface area contributed by atoms with Crippen molar-refractivity contribution in [2.75, 3.05) is 26.0 Å². The first kappa shape index (κ1) is 15.1. The fraction of sp³-hybridized carbons (Fsp3) is 0.538. The molecule has 7 heteroatoms. The fourth-order valence-electron chi connectivity index (χ4n) is 2.56. The third-order valence-corrected chi connectivity index (χ3v) is 5.74. The number of methoxy groups -OCH3 is 1. The first-order valence-electron chi connectivity index (χ1n) is 6.48. The molecule has 2 unspecified atom stereocenters. The van der Waals surface area contributed by atoms with E-state index in [0.717, 1.165) is 6.42 Å². The first-order valence-corrected chi connectivity index (χ1v) is 7.92. The molecule has 6 nitrogen and oxygen atoms in total. The Labute approximate surface area is 119 Å². The molecule has 112 valence electrons. The number of nitrogen functional groups attached to an aromatic ring is 1. The van der Waals surface area contributed by atoms with Crippen molar-refractivity contribution in [2.45, 2.75) is 24.3 Å². The Bertz CT molecular complexity index is 588. The third kappa shape index (κ3) is 2.48. The molecule has 1 saturated heterocycles. The lowest BCUT2D eigenvalue weighted by molar-refractivity contribution is 0.191. The second-order valence-electron chi connectivity index (χ2n) is 5.04. The Morgan fingerprint density at radius 2 is 2.20 bits per heavy atom. The van der Waals surface area contributed by atoms with Crippen LogP contribution in [-0.4, -0.2) is 44.1 Å². The van der Waals surface area contributed by atoms with Gasteiger partial charge in [-0.25, -0.2) is 8.42 Å².